The number of para-hydroxylation sites is 1. The maximum Gasteiger partial charge on any atom is 0.138 e. The van der Waals surface area contributed by atoms with Gasteiger partial charge in [-0.3, -0.25) is 4.57 Å². The topological polar surface area (TPSA) is 17.8 Å². The minimum absolute atomic E-state index is 0.0244. The third-order valence-corrected chi connectivity index (χ3v) is 10.3. The first-order valence-electron chi connectivity index (χ1n) is 15.2. The molecule has 2 aliphatic rings. The molecule has 7 aromatic rings. The van der Waals surface area contributed by atoms with Gasteiger partial charge < -0.3 is 0 Å². The van der Waals surface area contributed by atoms with Crippen LogP contribution in [0.3, 0.4) is 0 Å². The summed E-state index contributed by atoms with van der Waals surface area (Å²) in [5, 5.41) is 2.53. The van der Waals surface area contributed by atoms with E-state index in [0.717, 1.165) is 5.82 Å². The van der Waals surface area contributed by atoms with Gasteiger partial charge in [-0.2, -0.15) is 0 Å². The SMILES string of the molecule is CC1(C)c2ccccc2-c2c1ccc1c2-c2cc3c4ccccc4n(-c4cc(-c5ccccc5)ccn4)c3cc2C1(C)C. The molecular formula is C41H32N2. The Morgan fingerprint density at radius 2 is 1.16 bits per heavy atom. The highest BCUT2D eigenvalue weighted by Crippen LogP contribution is 2.59. The fourth-order valence-electron chi connectivity index (χ4n) is 8.08. The molecule has 2 aliphatic carbocycles. The van der Waals surface area contributed by atoms with Crippen LogP contribution in [0.4, 0.5) is 0 Å². The average Bonchev–Trinajstić information content (AvgIpc) is 3.57. The summed E-state index contributed by atoms with van der Waals surface area (Å²) in [7, 11) is 0. The van der Waals surface area contributed by atoms with Crippen molar-refractivity contribution in [2.45, 2.75) is 38.5 Å². The van der Waals surface area contributed by atoms with Crippen molar-refractivity contribution in [2.24, 2.45) is 0 Å². The molecular weight excluding hydrogens is 520 g/mol. The van der Waals surface area contributed by atoms with E-state index in [9.17, 15) is 0 Å². The zero-order chi connectivity index (χ0) is 29.1. The number of hydrogen-bond donors (Lipinski definition) is 0. The standard InChI is InChI=1S/C41H32N2/c1-40(2)31-16-10-8-15-28(31)38-32(40)18-19-33-39(38)30-23-29-27-14-9-11-17-35(27)43(36(29)24-34(30)41(33,3)4)37-22-26(20-21-42-37)25-12-6-5-7-13-25/h5-24H,1-4H3. The molecule has 2 heterocycles. The molecule has 0 unspecified atom stereocenters. The molecule has 0 fully saturated rings. The predicted octanol–water partition coefficient (Wildman–Crippen LogP) is 10.5. The van der Waals surface area contributed by atoms with Gasteiger partial charge in [0.15, 0.2) is 0 Å². The molecule has 0 bridgehead atoms. The van der Waals surface area contributed by atoms with Crippen LogP contribution in [0.25, 0.3) is 61.0 Å². The van der Waals surface area contributed by atoms with Crippen LogP contribution >= 0.6 is 0 Å². The Hall–Kier alpha value is -4.95. The first kappa shape index (κ1) is 24.6. The Morgan fingerprint density at radius 1 is 0.488 bits per heavy atom. The number of nitrogens with zero attached hydrogens (tertiary/aromatic N) is 2. The predicted molar refractivity (Wildman–Crippen MR) is 179 cm³/mol. The van der Waals surface area contributed by atoms with E-state index < -0.39 is 0 Å². The average molecular weight is 553 g/mol. The number of fused-ring (bicyclic) bond motifs is 10. The molecule has 43 heavy (non-hydrogen) atoms. The molecule has 0 radical (unpaired) electrons. The van der Waals surface area contributed by atoms with Crippen LogP contribution in [0.15, 0.2) is 121 Å². The Balaban J connectivity index is 1.35. The summed E-state index contributed by atoms with van der Waals surface area (Å²) < 4.78 is 2.36. The number of pyridine rings is 1. The van der Waals surface area contributed by atoms with Crippen LogP contribution in [-0.4, -0.2) is 9.55 Å². The van der Waals surface area contributed by atoms with Crippen LogP contribution in [0, 0.1) is 0 Å². The van der Waals surface area contributed by atoms with E-state index in [1.165, 1.54) is 77.4 Å². The van der Waals surface area contributed by atoms with Crippen LogP contribution in [0.5, 0.6) is 0 Å². The van der Waals surface area contributed by atoms with Crippen LogP contribution in [-0.2, 0) is 10.8 Å². The smallest absolute Gasteiger partial charge is 0.138 e. The highest BCUT2D eigenvalue weighted by molar-refractivity contribution is 6.12. The maximum absolute atomic E-state index is 4.93. The molecule has 206 valence electrons. The van der Waals surface area contributed by atoms with E-state index in [1.807, 2.05) is 6.20 Å². The molecule has 0 spiro atoms. The fraction of sp³-hybridized carbons (Fsp3) is 0.146. The van der Waals surface area contributed by atoms with Gasteiger partial charge in [-0.05, 0) is 86.0 Å². The lowest BCUT2D eigenvalue weighted by atomic mass is 9.79. The first-order valence-corrected chi connectivity index (χ1v) is 15.2. The zero-order valence-electron chi connectivity index (χ0n) is 24.9. The largest absolute Gasteiger partial charge is 0.294 e. The van der Waals surface area contributed by atoms with E-state index >= 15 is 0 Å². The molecule has 9 rings (SSSR count). The van der Waals surface area contributed by atoms with Crippen molar-refractivity contribution in [1.29, 1.82) is 0 Å². The van der Waals surface area contributed by atoms with E-state index in [2.05, 4.69) is 148 Å². The number of rotatable bonds is 2. The Labute approximate surface area is 252 Å². The lowest BCUT2D eigenvalue weighted by Gasteiger charge is -2.24. The van der Waals surface area contributed by atoms with Crippen molar-refractivity contribution in [2.75, 3.05) is 0 Å². The van der Waals surface area contributed by atoms with Gasteiger partial charge in [0.25, 0.3) is 0 Å². The maximum atomic E-state index is 4.93. The van der Waals surface area contributed by atoms with Crippen molar-refractivity contribution in [1.82, 2.24) is 9.55 Å². The molecule has 0 atom stereocenters. The van der Waals surface area contributed by atoms with E-state index in [-0.39, 0.29) is 10.8 Å². The lowest BCUT2D eigenvalue weighted by molar-refractivity contribution is 0.651. The summed E-state index contributed by atoms with van der Waals surface area (Å²) in [4.78, 5) is 4.93. The molecule has 2 nitrogen and oxygen atoms in total. The molecule has 5 aromatic carbocycles. The first-order chi connectivity index (χ1) is 20.9. The van der Waals surface area contributed by atoms with Gasteiger partial charge in [0, 0.05) is 27.8 Å². The summed E-state index contributed by atoms with van der Waals surface area (Å²) in [5.41, 5.74) is 15.8. The third kappa shape index (κ3) is 3.16. The molecule has 2 aromatic heterocycles. The van der Waals surface area contributed by atoms with Gasteiger partial charge in [-0.25, -0.2) is 4.98 Å². The van der Waals surface area contributed by atoms with Crippen molar-refractivity contribution in [3.63, 3.8) is 0 Å². The Morgan fingerprint density at radius 3 is 1.98 bits per heavy atom. The minimum atomic E-state index is -0.129. The second kappa shape index (κ2) is 8.33. The Bertz CT molecular complexity index is 2280. The van der Waals surface area contributed by atoms with E-state index in [1.54, 1.807) is 0 Å². The summed E-state index contributed by atoms with van der Waals surface area (Å²) >= 11 is 0. The van der Waals surface area contributed by atoms with Gasteiger partial charge in [0.05, 0.1) is 11.0 Å². The van der Waals surface area contributed by atoms with E-state index in [4.69, 9.17) is 4.98 Å². The lowest BCUT2D eigenvalue weighted by Crippen LogP contribution is -2.17. The number of hydrogen-bond acceptors (Lipinski definition) is 1. The van der Waals surface area contributed by atoms with Crippen molar-refractivity contribution >= 4 is 21.8 Å². The van der Waals surface area contributed by atoms with Crippen molar-refractivity contribution in [3.05, 3.63) is 144 Å². The summed E-state index contributed by atoms with van der Waals surface area (Å²) in [6.07, 6.45) is 1.94. The quantitative estimate of drug-likeness (QED) is 0.209. The van der Waals surface area contributed by atoms with Gasteiger partial charge in [0.2, 0.25) is 0 Å². The summed E-state index contributed by atoms with van der Waals surface area (Å²) in [6, 6.07) is 42.4. The summed E-state index contributed by atoms with van der Waals surface area (Å²) in [6.45, 7) is 9.53. The Kier molecular flexibility index (Phi) is 4.77. The molecule has 0 aliphatic heterocycles. The van der Waals surface area contributed by atoms with Gasteiger partial charge >= 0.3 is 0 Å². The highest BCUT2D eigenvalue weighted by atomic mass is 15.1. The van der Waals surface area contributed by atoms with Crippen LogP contribution < -0.4 is 0 Å². The van der Waals surface area contributed by atoms with Crippen molar-refractivity contribution < 1.29 is 0 Å². The van der Waals surface area contributed by atoms with Gasteiger partial charge in [0.1, 0.15) is 5.82 Å². The fourth-order valence-corrected chi connectivity index (χ4v) is 8.08. The summed E-state index contributed by atoms with van der Waals surface area (Å²) in [5.74, 6) is 0.942. The second-order valence-electron chi connectivity index (χ2n) is 13.2. The monoisotopic (exact) mass is 552 g/mol. The number of benzene rings is 5. The number of aromatic nitrogens is 2. The molecule has 0 saturated heterocycles. The molecule has 0 amide bonds. The minimum Gasteiger partial charge on any atom is -0.294 e. The normalized spacial score (nSPS) is 15.3. The van der Waals surface area contributed by atoms with Gasteiger partial charge in [-0.15, -0.1) is 0 Å². The van der Waals surface area contributed by atoms with Gasteiger partial charge in [-0.1, -0.05) is 113 Å². The third-order valence-electron chi connectivity index (χ3n) is 10.3. The molecule has 0 saturated carbocycles. The van der Waals surface area contributed by atoms with E-state index in [0.29, 0.717) is 0 Å². The zero-order valence-corrected chi connectivity index (χ0v) is 24.9. The van der Waals surface area contributed by atoms with Crippen LogP contribution in [0.1, 0.15) is 49.9 Å². The molecule has 2 heteroatoms. The highest BCUT2D eigenvalue weighted by Gasteiger charge is 2.43. The molecule has 0 N–H and O–H groups in total. The second-order valence-corrected chi connectivity index (χ2v) is 13.2. The van der Waals surface area contributed by atoms with Crippen LogP contribution in [0.2, 0.25) is 0 Å². The van der Waals surface area contributed by atoms with Crippen molar-refractivity contribution in [3.8, 4) is 39.2 Å².